The van der Waals surface area contributed by atoms with Crippen LogP contribution in [0, 0.1) is 11.8 Å². The predicted molar refractivity (Wildman–Crippen MR) is 110 cm³/mol. The molecule has 4 atom stereocenters. The number of aryl methyl sites for hydroxylation is 1. The van der Waals surface area contributed by atoms with Crippen LogP contribution in [0.3, 0.4) is 0 Å². The molecule has 1 N–H and O–H groups in total. The van der Waals surface area contributed by atoms with Gasteiger partial charge in [-0.15, -0.1) is 0 Å². The molecule has 28 heavy (non-hydrogen) atoms. The van der Waals surface area contributed by atoms with Gasteiger partial charge in [-0.2, -0.15) is 0 Å². The van der Waals surface area contributed by atoms with E-state index in [0.29, 0.717) is 12.8 Å². The molecule has 0 amide bonds. The highest BCUT2D eigenvalue weighted by Crippen LogP contribution is 2.53. The van der Waals surface area contributed by atoms with Crippen LogP contribution in [0.25, 0.3) is 0 Å². The topological polar surface area (TPSA) is 55.8 Å². The molecular formula is C23H25BrO4. The van der Waals surface area contributed by atoms with Crippen molar-refractivity contribution >= 4 is 21.9 Å². The van der Waals surface area contributed by atoms with Crippen LogP contribution in [0.2, 0.25) is 0 Å². The van der Waals surface area contributed by atoms with Crippen LogP contribution in [-0.4, -0.2) is 22.8 Å². The predicted octanol–water partition coefficient (Wildman–Crippen LogP) is 5.40. The van der Waals surface area contributed by atoms with Crippen molar-refractivity contribution in [1.29, 1.82) is 0 Å². The lowest BCUT2D eigenvalue weighted by Gasteiger charge is -2.50. The van der Waals surface area contributed by atoms with Crippen molar-refractivity contribution in [2.45, 2.75) is 50.9 Å². The van der Waals surface area contributed by atoms with Crippen molar-refractivity contribution in [3.63, 3.8) is 0 Å². The summed E-state index contributed by atoms with van der Waals surface area (Å²) in [7, 11) is 0. The van der Waals surface area contributed by atoms with Gasteiger partial charge in [-0.3, -0.25) is 4.79 Å². The number of carboxylic acids is 1. The molecule has 0 saturated carbocycles. The van der Waals surface area contributed by atoms with E-state index in [1.54, 1.807) is 0 Å². The Morgan fingerprint density at radius 3 is 2.64 bits per heavy atom. The zero-order valence-corrected chi connectivity index (χ0v) is 17.7. The number of benzene rings is 2. The molecule has 0 aromatic heterocycles. The van der Waals surface area contributed by atoms with E-state index >= 15 is 0 Å². The summed E-state index contributed by atoms with van der Waals surface area (Å²) < 4.78 is 13.7. The third kappa shape index (κ3) is 3.58. The number of rotatable bonds is 4. The molecule has 2 aromatic carbocycles. The van der Waals surface area contributed by atoms with Gasteiger partial charge in [0.1, 0.15) is 11.4 Å². The van der Waals surface area contributed by atoms with Gasteiger partial charge in [-0.1, -0.05) is 42.5 Å². The van der Waals surface area contributed by atoms with Gasteiger partial charge >= 0.3 is 5.97 Å². The zero-order chi connectivity index (χ0) is 19.9. The maximum absolute atomic E-state index is 12.0. The maximum Gasteiger partial charge on any atom is 0.309 e. The number of halogens is 1. The highest BCUT2D eigenvalue weighted by molar-refractivity contribution is 9.10. The molecule has 2 aromatic rings. The smallest absolute Gasteiger partial charge is 0.309 e. The number of ether oxygens (including phenoxy) is 2. The largest absolute Gasteiger partial charge is 0.486 e. The SMILES string of the molecule is CC1(C)Oc2c(Br)cccc2[C@H]2O[C@@H](CCc3ccccc3)[C@H](C(=O)O)C[C@@H]21. The molecule has 4 rings (SSSR count). The zero-order valence-electron chi connectivity index (χ0n) is 16.1. The quantitative estimate of drug-likeness (QED) is 0.685. The van der Waals surface area contributed by atoms with Gasteiger partial charge in [-0.25, -0.2) is 0 Å². The van der Waals surface area contributed by atoms with E-state index in [0.717, 1.165) is 22.2 Å². The fourth-order valence-corrected chi connectivity index (χ4v) is 5.01. The van der Waals surface area contributed by atoms with Crippen molar-refractivity contribution in [1.82, 2.24) is 0 Å². The molecule has 0 radical (unpaired) electrons. The molecule has 0 unspecified atom stereocenters. The molecule has 2 heterocycles. The second kappa shape index (κ2) is 7.53. The van der Waals surface area contributed by atoms with Gasteiger partial charge in [0.25, 0.3) is 0 Å². The third-order valence-electron chi connectivity index (χ3n) is 6.08. The number of hydrogen-bond acceptors (Lipinski definition) is 3. The van der Waals surface area contributed by atoms with Crippen molar-refractivity contribution < 1.29 is 19.4 Å². The van der Waals surface area contributed by atoms with Crippen molar-refractivity contribution in [3.05, 3.63) is 64.1 Å². The van der Waals surface area contributed by atoms with Crippen LogP contribution in [0.5, 0.6) is 5.75 Å². The van der Waals surface area contributed by atoms with E-state index in [9.17, 15) is 9.90 Å². The summed E-state index contributed by atoms with van der Waals surface area (Å²) in [4.78, 5) is 12.0. The number of aliphatic carboxylic acids is 1. The van der Waals surface area contributed by atoms with Gasteiger partial charge in [0.05, 0.1) is 22.6 Å². The molecule has 0 aliphatic carbocycles. The summed E-state index contributed by atoms with van der Waals surface area (Å²) in [5.74, 6) is -0.512. The Labute approximate surface area is 174 Å². The Morgan fingerprint density at radius 2 is 1.93 bits per heavy atom. The summed E-state index contributed by atoms with van der Waals surface area (Å²) in [6, 6.07) is 16.1. The fraction of sp³-hybridized carbons (Fsp3) is 0.435. The lowest BCUT2D eigenvalue weighted by atomic mass is 9.71. The first-order valence-electron chi connectivity index (χ1n) is 9.76. The molecule has 1 fully saturated rings. The van der Waals surface area contributed by atoms with Gasteiger partial charge in [0.15, 0.2) is 0 Å². The Hall–Kier alpha value is -1.85. The number of carboxylic acid groups (broad SMARTS) is 1. The van der Waals surface area contributed by atoms with Crippen molar-refractivity contribution in [2.75, 3.05) is 0 Å². The Kier molecular flexibility index (Phi) is 5.23. The first-order valence-corrected chi connectivity index (χ1v) is 10.6. The summed E-state index contributed by atoms with van der Waals surface area (Å²) in [5.41, 5.74) is 1.71. The average molecular weight is 445 g/mol. The van der Waals surface area contributed by atoms with E-state index in [-0.39, 0.29) is 18.1 Å². The number of para-hydroxylation sites is 1. The molecule has 148 valence electrons. The monoisotopic (exact) mass is 444 g/mol. The fourth-order valence-electron chi connectivity index (χ4n) is 4.54. The molecule has 4 nitrogen and oxygen atoms in total. The van der Waals surface area contributed by atoms with Crippen LogP contribution in [0.1, 0.15) is 43.9 Å². The first-order chi connectivity index (χ1) is 13.4. The summed E-state index contributed by atoms with van der Waals surface area (Å²) in [6.07, 6.45) is 1.57. The summed E-state index contributed by atoms with van der Waals surface area (Å²) in [6.45, 7) is 4.05. The molecule has 2 aliphatic rings. The number of hydrogen-bond donors (Lipinski definition) is 1. The van der Waals surface area contributed by atoms with Gasteiger partial charge in [0, 0.05) is 11.5 Å². The normalized spacial score (nSPS) is 28.0. The minimum atomic E-state index is -0.785. The Balaban J connectivity index is 1.64. The third-order valence-corrected chi connectivity index (χ3v) is 6.71. The molecule has 1 saturated heterocycles. The van der Waals surface area contributed by atoms with Crippen LogP contribution in [-0.2, 0) is 16.0 Å². The second-order valence-corrected chi connectivity index (χ2v) is 9.12. The van der Waals surface area contributed by atoms with E-state index in [4.69, 9.17) is 9.47 Å². The standard InChI is InChI=1S/C23H25BrO4/c1-23(2)17-13-16(22(25)26)19(12-11-14-7-4-3-5-8-14)27-20(17)15-9-6-10-18(24)21(15)28-23/h3-10,16-17,19-20H,11-13H2,1-2H3,(H,25,26)/t16-,17+,19+,20-/m1/s1. The minimum Gasteiger partial charge on any atom is -0.486 e. The first kappa shape index (κ1) is 19.5. The number of carbonyl (C=O) groups is 1. The molecule has 5 heteroatoms. The molecular weight excluding hydrogens is 420 g/mol. The molecule has 2 aliphatic heterocycles. The lowest BCUT2D eigenvalue weighted by Crippen LogP contribution is -2.52. The maximum atomic E-state index is 12.0. The lowest BCUT2D eigenvalue weighted by molar-refractivity contribution is -0.188. The second-order valence-electron chi connectivity index (χ2n) is 8.27. The highest BCUT2D eigenvalue weighted by Gasteiger charge is 2.52. The average Bonchev–Trinajstić information content (AvgIpc) is 2.67. The summed E-state index contributed by atoms with van der Waals surface area (Å²) in [5, 5.41) is 9.88. The summed E-state index contributed by atoms with van der Waals surface area (Å²) >= 11 is 3.59. The van der Waals surface area contributed by atoms with E-state index in [1.165, 1.54) is 5.56 Å². The van der Waals surface area contributed by atoms with Crippen molar-refractivity contribution in [3.8, 4) is 5.75 Å². The van der Waals surface area contributed by atoms with E-state index < -0.39 is 17.5 Å². The minimum absolute atomic E-state index is 0.0108. The van der Waals surface area contributed by atoms with Crippen LogP contribution >= 0.6 is 15.9 Å². The van der Waals surface area contributed by atoms with Crippen LogP contribution in [0.15, 0.2) is 53.0 Å². The highest BCUT2D eigenvalue weighted by atomic mass is 79.9. The number of fused-ring (bicyclic) bond motifs is 3. The Morgan fingerprint density at radius 1 is 1.18 bits per heavy atom. The Bertz CT molecular complexity index is 864. The van der Waals surface area contributed by atoms with Gasteiger partial charge < -0.3 is 14.6 Å². The van der Waals surface area contributed by atoms with E-state index in [1.807, 2.05) is 50.2 Å². The van der Waals surface area contributed by atoms with E-state index in [2.05, 4.69) is 28.1 Å². The van der Waals surface area contributed by atoms with Gasteiger partial charge in [0.2, 0.25) is 0 Å². The van der Waals surface area contributed by atoms with Gasteiger partial charge in [-0.05, 0) is 60.7 Å². The molecule has 0 spiro atoms. The van der Waals surface area contributed by atoms with Crippen LogP contribution < -0.4 is 4.74 Å². The van der Waals surface area contributed by atoms with Crippen molar-refractivity contribution in [2.24, 2.45) is 11.8 Å². The van der Waals surface area contributed by atoms with Crippen LogP contribution in [0.4, 0.5) is 0 Å². The molecule has 0 bridgehead atoms.